The number of nitrogens with zero attached hydrogens (tertiary/aromatic N) is 2. The summed E-state index contributed by atoms with van der Waals surface area (Å²) >= 11 is 0. The van der Waals surface area contributed by atoms with Gasteiger partial charge in [-0.15, -0.1) is 0 Å². The predicted molar refractivity (Wildman–Crippen MR) is 81.7 cm³/mol. The van der Waals surface area contributed by atoms with Gasteiger partial charge in [-0.05, 0) is 18.8 Å². The maximum Gasteiger partial charge on any atom is 0.409 e. The molecule has 0 spiro atoms. The topological polar surface area (TPSA) is 58.8 Å². The molecule has 0 aromatic carbocycles. The summed E-state index contributed by atoms with van der Waals surface area (Å²) in [5.41, 5.74) is 6.47. The average molecular weight is 285 g/mol. The highest BCUT2D eigenvalue weighted by Crippen LogP contribution is 2.28. The number of carbonyl (C=O) groups excluding carboxylic acids is 1. The average Bonchev–Trinajstić information content (AvgIpc) is 2.38. The minimum atomic E-state index is -0.195. The fourth-order valence-electron chi connectivity index (χ4n) is 3.08. The largest absolute Gasteiger partial charge is 0.450 e. The van der Waals surface area contributed by atoms with Crippen molar-refractivity contribution < 1.29 is 9.53 Å². The first-order valence-electron chi connectivity index (χ1n) is 7.72. The Morgan fingerprint density at radius 2 is 1.75 bits per heavy atom. The molecule has 2 unspecified atom stereocenters. The third-order valence-corrected chi connectivity index (χ3v) is 4.00. The number of nitrogens with two attached hydrogens (primary N) is 1. The molecule has 20 heavy (non-hydrogen) atoms. The highest BCUT2D eigenvalue weighted by molar-refractivity contribution is 5.67. The molecule has 0 saturated carbocycles. The summed E-state index contributed by atoms with van der Waals surface area (Å²) in [6.07, 6.45) is 0.777. The molecule has 1 heterocycles. The molecule has 1 saturated heterocycles. The van der Waals surface area contributed by atoms with Crippen molar-refractivity contribution in [1.29, 1.82) is 0 Å². The van der Waals surface area contributed by atoms with E-state index in [1.165, 1.54) is 0 Å². The van der Waals surface area contributed by atoms with Gasteiger partial charge in [0.1, 0.15) is 0 Å². The van der Waals surface area contributed by atoms with Crippen molar-refractivity contribution >= 4 is 6.09 Å². The molecule has 5 heteroatoms. The van der Waals surface area contributed by atoms with E-state index in [4.69, 9.17) is 10.5 Å². The smallest absolute Gasteiger partial charge is 0.409 e. The van der Waals surface area contributed by atoms with Gasteiger partial charge in [0, 0.05) is 38.3 Å². The van der Waals surface area contributed by atoms with Crippen molar-refractivity contribution in [3.8, 4) is 0 Å². The van der Waals surface area contributed by atoms with Crippen LogP contribution in [0.5, 0.6) is 0 Å². The van der Waals surface area contributed by atoms with Crippen LogP contribution in [0.3, 0.4) is 0 Å². The van der Waals surface area contributed by atoms with Gasteiger partial charge in [-0.25, -0.2) is 4.79 Å². The fraction of sp³-hybridized carbons (Fsp3) is 0.933. The lowest BCUT2D eigenvalue weighted by molar-refractivity contribution is 0.0262. The second-order valence-electron chi connectivity index (χ2n) is 6.60. The SMILES string of the molecule is CCOC(=O)N1CCN(C(C(N)CC)C(C)(C)C)CC1. The Bertz CT molecular complexity index is 307. The maximum absolute atomic E-state index is 11.7. The Kier molecular flexibility index (Phi) is 6.27. The van der Waals surface area contributed by atoms with E-state index in [9.17, 15) is 4.79 Å². The summed E-state index contributed by atoms with van der Waals surface area (Å²) in [6.45, 7) is 14.3. The second-order valence-corrected chi connectivity index (χ2v) is 6.60. The third-order valence-electron chi connectivity index (χ3n) is 4.00. The van der Waals surface area contributed by atoms with Gasteiger partial charge in [-0.3, -0.25) is 4.90 Å². The van der Waals surface area contributed by atoms with E-state index in [0.717, 1.165) is 32.6 Å². The summed E-state index contributed by atoms with van der Waals surface area (Å²) < 4.78 is 5.06. The quantitative estimate of drug-likeness (QED) is 0.857. The van der Waals surface area contributed by atoms with Gasteiger partial charge in [0.15, 0.2) is 0 Å². The Labute approximate surface area is 123 Å². The molecule has 0 aliphatic carbocycles. The summed E-state index contributed by atoms with van der Waals surface area (Å²) in [7, 11) is 0. The van der Waals surface area contributed by atoms with Crippen LogP contribution in [0, 0.1) is 5.41 Å². The molecule has 0 radical (unpaired) electrons. The van der Waals surface area contributed by atoms with Crippen LogP contribution in [0.1, 0.15) is 41.0 Å². The number of piperazine rings is 1. The first-order chi connectivity index (χ1) is 9.31. The van der Waals surface area contributed by atoms with E-state index in [2.05, 4.69) is 32.6 Å². The lowest BCUT2D eigenvalue weighted by Crippen LogP contribution is -2.60. The van der Waals surface area contributed by atoms with Crippen molar-refractivity contribution in [2.75, 3.05) is 32.8 Å². The first-order valence-corrected chi connectivity index (χ1v) is 7.72. The molecule has 1 rings (SSSR count). The molecular formula is C15H31N3O2. The molecule has 5 nitrogen and oxygen atoms in total. The molecule has 1 fully saturated rings. The lowest BCUT2D eigenvalue weighted by Gasteiger charge is -2.46. The van der Waals surface area contributed by atoms with Crippen LogP contribution in [-0.2, 0) is 4.74 Å². The van der Waals surface area contributed by atoms with Gasteiger partial charge in [-0.1, -0.05) is 27.7 Å². The number of hydrogen-bond acceptors (Lipinski definition) is 4. The fourth-order valence-corrected chi connectivity index (χ4v) is 3.08. The summed E-state index contributed by atoms with van der Waals surface area (Å²) in [5.74, 6) is 0. The number of amides is 1. The van der Waals surface area contributed by atoms with Gasteiger partial charge in [0.2, 0.25) is 0 Å². The van der Waals surface area contributed by atoms with Gasteiger partial charge in [0.05, 0.1) is 6.61 Å². The van der Waals surface area contributed by atoms with Crippen molar-refractivity contribution in [2.24, 2.45) is 11.1 Å². The van der Waals surface area contributed by atoms with Crippen LogP contribution in [0.25, 0.3) is 0 Å². The monoisotopic (exact) mass is 285 g/mol. The molecule has 1 amide bonds. The number of ether oxygens (including phenoxy) is 1. The minimum absolute atomic E-state index is 0.140. The normalized spacial score (nSPS) is 20.6. The highest BCUT2D eigenvalue weighted by Gasteiger charge is 2.36. The van der Waals surface area contributed by atoms with Crippen LogP contribution in [-0.4, -0.2) is 60.8 Å². The standard InChI is InChI=1S/C15H31N3O2/c1-6-12(16)13(15(3,4)5)17-8-10-18(11-9-17)14(19)20-7-2/h12-13H,6-11,16H2,1-5H3. The Morgan fingerprint density at radius 1 is 1.20 bits per heavy atom. The zero-order valence-corrected chi connectivity index (χ0v) is 13.7. The van der Waals surface area contributed by atoms with Crippen LogP contribution >= 0.6 is 0 Å². The Balaban J connectivity index is 2.64. The molecule has 2 N–H and O–H groups in total. The van der Waals surface area contributed by atoms with E-state index >= 15 is 0 Å². The lowest BCUT2D eigenvalue weighted by atomic mass is 9.80. The highest BCUT2D eigenvalue weighted by atomic mass is 16.6. The van der Waals surface area contributed by atoms with Crippen molar-refractivity contribution in [3.63, 3.8) is 0 Å². The zero-order valence-electron chi connectivity index (χ0n) is 13.7. The van der Waals surface area contributed by atoms with E-state index < -0.39 is 0 Å². The van der Waals surface area contributed by atoms with E-state index in [-0.39, 0.29) is 17.6 Å². The van der Waals surface area contributed by atoms with Crippen molar-refractivity contribution in [2.45, 2.75) is 53.1 Å². The molecule has 0 aromatic heterocycles. The van der Waals surface area contributed by atoms with E-state index in [0.29, 0.717) is 12.6 Å². The maximum atomic E-state index is 11.7. The van der Waals surface area contributed by atoms with Crippen LogP contribution in [0.15, 0.2) is 0 Å². The minimum Gasteiger partial charge on any atom is -0.450 e. The molecule has 2 atom stereocenters. The first kappa shape index (κ1) is 17.2. The summed E-state index contributed by atoms with van der Waals surface area (Å²) in [5, 5.41) is 0. The number of hydrogen-bond donors (Lipinski definition) is 1. The van der Waals surface area contributed by atoms with E-state index in [1.54, 1.807) is 4.90 Å². The zero-order chi connectivity index (χ0) is 15.3. The van der Waals surface area contributed by atoms with Gasteiger partial charge < -0.3 is 15.4 Å². The Morgan fingerprint density at radius 3 is 2.15 bits per heavy atom. The number of carbonyl (C=O) groups is 1. The second kappa shape index (κ2) is 7.27. The molecule has 1 aliphatic heterocycles. The van der Waals surface area contributed by atoms with Gasteiger partial charge >= 0.3 is 6.09 Å². The number of rotatable bonds is 4. The third kappa shape index (κ3) is 4.35. The van der Waals surface area contributed by atoms with Crippen LogP contribution < -0.4 is 5.73 Å². The molecule has 0 aromatic rings. The van der Waals surface area contributed by atoms with E-state index in [1.807, 2.05) is 6.92 Å². The summed E-state index contributed by atoms with van der Waals surface area (Å²) in [4.78, 5) is 15.9. The van der Waals surface area contributed by atoms with Crippen molar-refractivity contribution in [3.05, 3.63) is 0 Å². The molecular weight excluding hydrogens is 254 g/mol. The molecule has 0 bridgehead atoms. The predicted octanol–water partition coefficient (Wildman–Crippen LogP) is 1.91. The van der Waals surface area contributed by atoms with Crippen LogP contribution in [0.2, 0.25) is 0 Å². The van der Waals surface area contributed by atoms with Gasteiger partial charge in [0.25, 0.3) is 0 Å². The van der Waals surface area contributed by atoms with Gasteiger partial charge in [-0.2, -0.15) is 0 Å². The Hall–Kier alpha value is -0.810. The van der Waals surface area contributed by atoms with Crippen LogP contribution in [0.4, 0.5) is 4.79 Å². The summed E-state index contributed by atoms with van der Waals surface area (Å²) in [6, 6.07) is 0.515. The molecule has 118 valence electrons. The molecule has 1 aliphatic rings. The van der Waals surface area contributed by atoms with Crippen molar-refractivity contribution in [1.82, 2.24) is 9.80 Å².